The number of carbonyl (C=O) groups is 1. The van der Waals surface area contributed by atoms with Crippen LogP contribution in [0.3, 0.4) is 0 Å². The summed E-state index contributed by atoms with van der Waals surface area (Å²) in [5, 5.41) is 4.15. The van der Waals surface area contributed by atoms with E-state index in [1.807, 2.05) is 37.3 Å². The molecule has 1 aliphatic carbocycles. The summed E-state index contributed by atoms with van der Waals surface area (Å²) in [5.41, 5.74) is 1.44. The van der Waals surface area contributed by atoms with Crippen LogP contribution >= 0.6 is 11.8 Å². The molecule has 156 valence electrons. The van der Waals surface area contributed by atoms with Crippen molar-refractivity contribution < 1.29 is 4.79 Å². The average molecular weight is 423 g/mol. The van der Waals surface area contributed by atoms with Gasteiger partial charge in [-0.05, 0) is 68.4 Å². The highest BCUT2D eigenvalue weighted by atomic mass is 32.2. The van der Waals surface area contributed by atoms with Crippen molar-refractivity contribution in [2.75, 3.05) is 5.75 Å². The molecule has 1 N–H and O–H groups in total. The van der Waals surface area contributed by atoms with Crippen LogP contribution in [0.1, 0.15) is 38.2 Å². The van der Waals surface area contributed by atoms with E-state index in [-0.39, 0.29) is 23.3 Å². The van der Waals surface area contributed by atoms with Crippen LogP contribution in [0.4, 0.5) is 0 Å². The van der Waals surface area contributed by atoms with E-state index in [4.69, 9.17) is 0 Å². The SMILES string of the molecule is Cc1ccnc(-n2c(SCC(=O)NC3CCC(C)CC3)nc3ccccc3c2=O)c1. The summed E-state index contributed by atoms with van der Waals surface area (Å²) >= 11 is 1.27. The molecule has 4 rings (SSSR count). The maximum absolute atomic E-state index is 13.2. The quantitative estimate of drug-likeness (QED) is 0.499. The molecular formula is C23H26N4O2S. The zero-order chi connectivity index (χ0) is 21.1. The van der Waals surface area contributed by atoms with Crippen molar-refractivity contribution in [2.45, 2.75) is 50.7 Å². The van der Waals surface area contributed by atoms with Crippen LogP contribution in [0.5, 0.6) is 0 Å². The standard InChI is InChI=1S/C23H26N4O2S/c1-15-7-9-17(10-8-15)25-21(28)14-30-23-26-19-6-4-3-5-18(19)22(29)27(23)20-13-16(2)11-12-24-20/h3-6,11-13,15,17H,7-10,14H2,1-2H3,(H,25,28). The number of carbonyl (C=O) groups excluding carboxylic acids is 1. The lowest BCUT2D eigenvalue weighted by Crippen LogP contribution is -2.38. The molecule has 1 aromatic carbocycles. The Labute approximate surface area is 180 Å². The van der Waals surface area contributed by atoms with Gasteiger partial charge in [-0.1, -0.05) is 30.8 Å². The van der Waals surface area contributed by atoms with Crippen LogP contribution in [-0.2, 0) is 4.79 Å². The van der Waals surface area contributed by atoms with E-state index in [1.165, 1.54) is 16.3 Å². The van der Waals surface area contributed by atoms with E-state index >= 15 is 0 Å². The molecule has 1 amide bonds. The monoisotopic (exact) mass is 422 g/mol. The van der Waals surface area contributed by atoms with Gasteiger partial charge in [-0.25, -0.2) is 14.5 Å². The van der Waals surface area contributed by atoms with Gasteiger partial charge < -0.3 is 5.32 Å². The molecule has 0 aliphatic heterocycles. The second kappa shape index (κ2) is 9.00. The van der Waals surface area contributed by atoms with Gasteiger partial charge in [0, 0.05) is 12.2 Å². The molecule has 3 aromatic rings. The van der Waals surface area contributed by atoms with Crippen molar-refractivity contribution in [1.82, 2.24) is 19.9 Å². The molecule has 0 saturated heterocycles. The minimum absolute atomic E-state index is 0.0225. The molecule has 0 bridgehead atoms. The van der Waals surface area contributed by atoms with Gasteiger partial charge in [0.1, 0.15) is 5.82 Å². The van der Waals surface area contributed by atoms with Crippen LogP contribution in [-0.4, -0.2) is 32.2 Å². The van der Waals surface area contributed by atoms with Crippen LogP contribution in [0, 0.1) is 12.8 Å². The Kier molecular flexibility index (Phi) is 6.18. The highest BCUT2D eigenvalue weighted by Crippen LogP contribution is 2.24. The predicted octanol–water partition coefficient (Wildman–Crippen LogP) is 3.88. The van der Waals surface area contributed by atoms with Gasteiger partial charge in [0.05, 0.1) is 16.7 Å². The molecule has 0 radical (unpaired) electrons. The lowest BCUT2D eigenvalue weighted by molar-refractivity contribution is -0.119. The Morgan fingerprint density at radius 1 is 1.20 bits per heavy atom. The molecule has 0 spiro atoms. The lowest BCUT2D eigenvalue weighted by Gasteiger charge is -2.26. The zero-order valence-electron chi connectivity index (χ0n) is 17.3. The fraction of sp³-hybridized carbons (Fsp3) is 0.391. The Balaban J connectivity index is 1.60. The first-order valence-electron chi connectivity index (χ1n) is 10.4. The second-order valence-corrected chi connectivity index (χ2v) is 9.00. The smallest absolute Gasteiger partial charge is 0.267 e. The number of fused-ring (bicyclic) bond motifs is 1. The fourth-order valence-corrected chi connectivity index (χ4v) is 4.67. The number of benzene rings is 1. The average Bonchev–Trinajstić information content (AvgIpc) is 2.74. The summed E-state index contributed by atoms with van der Waals surface area (Å²) in [5.74, 6) is 1.45. The molecule has 2 aromatic heterocycles. The first-order chi connectivity index (χ1) is 14.5. The minimum Gasteiger partial charge on any atom is -0.353 e. The number of hydrogen-bond donors (Lipinski definition) is 1. The Hall–Kier alpha value is -2.67. The largest absolute Gasteiger partial charge is 0.353 e. The molecular weight excluding hydrogens is 396 g/mol. The minimum atomic E-state index is -0.178. The summed E-state index contributed by atoms with van der Waals surface area (Å²) in [4.78, 5) is 34.8. The third-order valence-corrected chi connectivity index (χ3v) is 6.53. The normalized spacial score (nSPS) is 19.0. The molecule has 0 unspecified atom stereocenters. The van der Waals surface area contributed by atoms with Crippen molar-refractivity contribution in [1.29, 1.82) is 0 Å². The fourth-order valence-electron chi connectivity index (χ4n) is 3.86. The number of para-hydroxylation sites is 1. The molecule has 0 atom stereocenters. The van der Waals surface area contributed by atoms with Crippen LogP contribution in [0.25, 0.3) is 16.7 Å². The molecule has 7 heteroatoms. The van der Waals surface area contributed by atoms with Gasteiger partial charge in [0.25, 0.3) is 5.56 Å². The Morgan fingerprint density at radius 3 is 2.73 bits per heavy atom. The Morgan fingerprint density at radius 2 is 1.97 bits per heavy atom. The zero-order valence-corrected chi connectivity index (χ0v) is 18.1. The number of rotatable bonds is 5. The molecule has 30 heavy (non-hydrogen) atoms. The summed E-state index contributed by atoms with van der Waals surface area (Å²) in [6, 6.07) is 11.2. The van der Waals surface area contributed by atoms with Gasteiger partial charge >= 0.3 is 0 Å². The molecule has 1 saturated carbocycles. The Bertz CT molecular complexity index is 1120. The first kappa shape index (κ1) is 20.6. The number of thioether (sulfide) groups is 1. The van der Waals surface area contributed by atoms with E-state index in [2.05, 4.69) is 22.2 Å². The molecule has 6 nitrogen and oxygen atoms in total. The summed E-state index contributed by atoms with van der Waals surface area (Å²) in [6.07, 6.45) is 6.05. The molecule has 1 aliphatic rings. The van der Waals surface area contributed by atoms with E-state index in [1.54, 1.807) is 12.3 Å². The number of pyridine rings is 1. The van der Waals surface area contributed by atoms with Crippen molar-refractivity contribution in [3.05, 3.63) is 58.5 Å². The van der Waals surface area contributed by atoms with Gasteiger partial charge in [-0.3, -0.25) is 9.59 Å². The number of aromatic nitrogens is 3. The third kappa shape index (κ3) is 4.56. The van der Waals surface area contributed by atoms with Gasteiger partial charge in [0.2, 0.25) is 5.91 Å². The van der Waals surface area contributed by atoms with Crippen molar-refractivity contribution in [3.63, 3.8) is 0 Å². The van der Waals surface area contributed by atoms with Gasteiger partial charge in [-0.15, -0.1) is 0 Å². The number of nitrogens with zero attached hydrogens (tertiary/aromatic N) is 3. The number of hydrogen-bond acceptors (Lipinski definition) is 5. The number of nitrogens with one attached hydrogen (secondary N) is 1. The molecule has 2 heterocycles. The van der Waals surface area contributed by atoms with Crippen molar-refractivity contribution >= 4 is 28.6 Å². The maximum atomic E-state index is 13.2. The van der Waals surface area contributed by atoms with E-state index in [0.29, 0.717) is 21.9 Å². The molecule has 1 fully saturated rings. The number of amides is 1. The van der Waals surface area contributed by atoms with Gasteiger partial charge in [-0.2, -0.15) is 0 Å². The summed E-state index contributed by atoms with van der Waals surface area (Å²) < 4.78 is 1.51. The highest BCUT2D eigenvalue weighted by molar-refractivity contribution is 7.99. The predicted molar refractivity (Wildman–Crippen MR) is 120 cm³/mol. The highest BCUT2D eigenvalue weighted by Gasteiger charge is 2.21. The first-order valence-corrected chi connectivity index (χ1v) is 11.4. The topological polar surface area (TPSA) is 76.9 Å². The van der Waals surface area contributed by atoms with Crippen LogP contribution < -0.4 is 10.9 Å². The summed E-state index contributed by atoms with van der Waals surface area (Å²) in [7, 11) is 0. The van der Waals surface area contributed by atoms with Gasteiger partial charge in [0.15, 0.2) is 5.16 Å². The lowest BCUT2D eigenvalue weighted by atomic mass is 9.87. The van der Waals surface area contributed by atoms with E-state index in [0.717, 1.165) is 37.2 Å². The van der Waals surface area contributed by atoms with Crippen LogP contribution in [0.15, 0.2) is 52.5 Å². The van der Waals surface area contributed by atoms with Crippen molar-refractivity contribution in [2.24, 2.45) is 5.92 Å². The van der Waals surface area contributed by atoms with E-state index < -0.39 is 0 Å². The van der Waals surface area contributed by atoms with E-state index in [9.17, 15) is 9.59 Å². The maximum Gasteiger partial charge on any atom is 0.267 e. The van der Waals surface area contributed by atoms with Crippen LogP contribution in [0.2, 0.25) is 0 Å². The van der Waals surface area contributed by atoms with Crippen molar-refractivity contribution in [3.8, 4) is 5.82 Å². The summed E-state index contributed by atoms with van der Waals surface area (Å²) in [6.45, 7) is 4.22. The second-order valence-electron chi connectivity index (χ2n) is 8.06. The third-order valence-electron chi connectivity index (χ3n) is 5.59. The number of aryl methyl sites for hydroxylation is 1.